The van der Waals surface area contributed by atoms with Gasteiger partial charge in [-0.3, -0.25) is 4.79 Å². The van der Waals surface area contributed by atoms with Crippen molar-refractivity contribution in [2.24, 2.45) is 0 Å². The Kier molecular flexibility index (Phi) is 3.00. The second kappa shape index (κ2) is 4.44. The number of nitrogens with zero attached hydrogens (tertiary/aromatic N) is 2. The number of hydrogen-bond donors (Lipinski definition) is 2. The zero-order valence-electron chi connectivity index (χ0n) is 9.02. The molecule has 2 aromatic heterocycles. The average molecular weight is 236 g/mol. The first-order chi connectivity index (χ1) is 7.66. The maximum absolute atomic E-state index is 11.4. The molecule has 0 aliphatic carbocycles. The van der Waals surface area contributed by atoms with E-state index in [9.17, 15) is 4.79 Å². The SMILES string of the molecule is Cc1csc(C(C)Nc2ncc[nH]c2=O)n1. The first-order valence-electron chi connectivity index (χ1n) is 4.89. The molecule has 0 aliphatic rings. The Balaban J connectivity index is 2.17. The molecule has 0 aromatic carbocycles. The minimum atomic E-state index is -0.220. The molecule has 0 amide bonds. The monoisotopic (exact) mass is 236 g/mol. The molecule has 2 rings (SSSR count). The zero-order chi connectivity index (χ0) is 11.5. The van der Waals surface area contributed by atoms with Crippen LogP contribution in [-0.4, -0.2) is 15.0 Å². The van der Waals surface area contributed by atoms with Crippen molar-refractivity contribution in [3.63, 3.8) is 0 Å². The van der Waals surface area contributed by atoms with Crippen LogP contribution in [0, 0.1) is 6.92 Å². The summed E-state index contributed by atoms with van der Waals surface area (Å²) in [6.07, 6.45) is 3.05. The molecule has 2 N–H and O–H groups in total. The highest BCUT2D eigenvalue weighted by atomic mass is 32.1. The molecular weight excluding hydrogens is 224 g/mol. The molecule has 0 radical (unpaired) electrons. The summed E-state index contributed by atoms with van der Waals surface area (Å²) in [5, 5.41) is 5.96. The summed E-state index contributed by atoms with van der Waals surface area (Å²) < 4.78 is 0. The lowest BCUT2D eigenvalue weighted by molar-refractivity contribution is 0.849. The van der Waals surface area contributed by atoms with E-state index in [4.69, 9.17) is 0 Å². The summed E-state index contributed by atoms with van der Waals surface area (Å²) in [6.45, 7) is 3.90. The summed E-state index contributed by atoms with van der Waals surface area (Å²) in [6, 6.07) is -0.0188. The van der Waals surface area contributed by atoms with E-state index in [1.807, 2.05) is 19.2 Å². The summed E-state index contributed by atoms with van der Waals surface area (Å²) in [7, 11) is 0. The van der Waals surface area contributed by atoms with E-state index < -0.39 is 0 Å². The van der Waals surface area contributed by atoms with Crippen molar-refractivity contribution in [3.8, 4) is 0 Å². The van der Waals surface area contributed by atoms with Gasteiger partial charge < -0.3 is 10.3 Å². The van der Waals surface area contributed by atoms with Gasteiger partial charge in [0.2, 0.25) is 0 Å². The lowest BCUT2D eigenvalue weighted by Gasteiger charge is -2.10. The fourth-order valence-electron chi connectivity index (χ4n) is 1.29. The number of H-pyrrole nitrogens is 1. The lowest BCUT2D eigenvalue weighted by atomic mass is 10.3. The number of aryl methyl sites for hydroxylation is 1. The molecule has 0 saturated carbocycles. The van der Waals surface area contributed by atoms with Crippen LogP contribution in [0.25, 0.3) is 0 Å². The van der Waals surface area contributed by atoms with E-state index >= 15 is 0 Å². The average Bonchev–Trinajstić information content (AvgIpc) is 2.68. The number of hydrogen-bond acceptors (Lipinski definition) is 5. The predicted molar refractivity (Wildman–Crippen MR) is 63.7 cm³/mol. The number of nitrogens with one attached hydrogen (secondary N) is 2. The maximum Gasteiger partial charge on any atom is 0.290 e. The highest BCUT2D eigenvalue weighted by molar-refractivity contribution is 7.09. The fraction of sp³-hybridized carbons (Fsp3) is 0.300. The van der Waals surface area contributed by atoms with Crippen molar-refractivity contribution >= 4 is 17.2 Å². The van der Waals surface area contributed by atoms with E-state index in [2.05, 4.69) is 20.3 Å². The lowest BCUT2D eigenvalue weighted by Crippen LogP contribution is -2.17. The van der Waals surface area contributed by atoms with Crippen LogP contribution in [0.1, 0.15) is 23.7 Å². The molecule has 0 saturated heterocycles. The van der Waals surface area contributed by atoms with Crippen molar-refractivity contribution in [2.75, 3.05) is 5.32 Å². The smallest absolute Gasteiger partial charge is 0.290 e. The second-order valence-electron chi connectivity index (χ2n) is 3.46. The standard InChI is InChI=1S/C10H12N4OS/c1-6-5-16-10(13-6)7(2)14-8-9(15)12-4-3-11-8/h3-5,7H,1-2H3,(H,11,14)(H,12,15). The summed E-state index contributed by atoms with van der Waals surface area (Å²) in [4.78, 5) is 22.3. The molecule has 0 aliphatic heterocycles. The zero-order valence-corrected chi connectivity index (χ0v) is 9.84. The van der Waals surface area contributed by atoms with Gasteiger partial charge in [0.05, 0.1) is 6.04 Å². The highest BCUT2D eigenvalue weighted by Gasteiger charge is 2.11. The summed E-state index contributed by atoms with van der Waals surface area (Å²) >= 11 is 1.57. The third kappa shape index (κ3) is 2.27. The topological polar surface area (TPSA) is 70.7 Å². The van der Waals surface area contributed by atoms with Crippen LogP contribution in [0.5, 0.6) is 0 Å². The largest absolute Gasteiger partial charge is 0.357 e. The van der Waals surface area contributed by atoms with Crippen molar-refractivity contribution < 1.29 is 0 Å². The van der Waals surface area contributed by atoms with Crippen LogP contribution in [0.3, 0.4) is 0 Å². The van der Waals surface area contributed by atoms with Crippen LogP contribution in [-0.2, 0) is 0 Å². The van der Waals surface area contributed by atoms with Gasteiger partial charge in [-0.25, -0.2) is 9.97 Å². The Hall–Kier alpha value is -1.69. The van der Waals surface area contributed by atoms with Gasteiger partial charge in [0.25, 0.3) is 5.56 Å². The third-order valence-corrected chi connectivity index (χ3v) is 3.21. The van der Waals surface area contributed by atoms with Gasteiger partial charge in [-0.1, -0.05) is 0 Å². The first-order valence-corrected chi connectivity index (χ1v) is 5.77. The van der Waals surface area contributed by atoms with Crippen molar-refractivity contribution in [1.82, 2.24) is 15.0 Å². The molecule has 1 atom stereocenters. The number of anilines is 1. The summed E-state index contributed by atoms with van der Waals surface area (Å²) in [5.41, 5.74) is 0.770. The van der Waals surface area contributed by atoms with Crippen LogP contribution in [0.4, 0.5) is 5.82 Å². The van der Waals surface area contributed by atoms with Crippen molar-refractivity contribution in [2.45, 2.75) is 19.9 Å². The minimum absolute atomic E-state index is 0.0188. The maximum atomic E-state index is 11.4. The van der Waals surface area contributed by atoms with Crippen molar-refractivity contribution in [3.05, 3.63) is 38.8 Å². The van der Waals surface area contributed by atoms with Gasteiger partial charge in [-0.15, -0.1) is 11.3 Å². The van der Waals surface area contributed by atoms with Gasteiger partial charge >= 0.3 is 0 Å². The Labute approximate surface area is 96.6 Å². The number of thiazole rings is 1. The molecule has 0 fully saturated rings. The van der Waals surface area contributed by atoms with Gasteiger partial charge in [-0.05, 0) is 13.8 Å². The van der Waals surface area contributed by atoms with Crippen LogP contribution < -0.4 is 10.9 Å². The molecule has 5 nitrogen and oxygen atoms in total. The molecule has 1 unspecified atom stereocenters. The Morgan fingerprint density at radius 3 is 3.00 bits per heavy atom. The van der Waals surface area contributed by atoms with Gasteiger partial charge in [0, 0.05) is 23.5 Å². The van der Waals surface area contributed by atoms with E-state index in [-0.39, 0.29) is 11.6 Å². The molecule has 16 heavy (non-hydrogen) atoms. The summed E-state index contributed by atoms with van der Waals surface area (Å²) in [5.74, 6) is 0.322. The van der Waals surface area contributed by atoms with Crippen molar-refractivity contribution in [1.29, 1.82) is 0 Å². The Bertz CT molecular complexity index is 533. The molecule has 2 heterocycles. The van der Waals surface area contributed by atoms with Crippen LogP contribution >= 0.6 is 11.3 Å². The van der Waals surface area contributed by atoms with Crippen LogP contribution in [0.15, 0.2) is 22.6 Å². The normalized spacial score (nSPS) is 12.4. The molecular formula is C10H12N4OS. The second-order valence-corrected chi connectivity index (χ2v) is 4.35. The van der Waals surface area contributed by atoms with Gasteiger partial charge in [-0.2, -0.15) is 0 Å². The molecule has 6 heteroatoms. The molecule has 84 valence electrons. The van der Waals surface area contributed by atoms with Crippen LogP contribution in [0.2, 0.25) is 0 Å². The Morgan fingerprint density at radius 2 is 2.38 bits per heavy atom. The molecule has 0 spiro atoms. The third-order valence-electron chi connectivity index (χ3n) is 2.07. The predicted octanol–water partition coefficient (Wildman–Crippen LogP) is 1.71. The Morgan fingerprint density at radius 1 is 1.56 bits per heavy atom. The highest BCUT2D eigenvalue weighted by Crippen LogP contribution is 2.19. The quantitative estimate of drug-likeness (QED) is 0.851. The number of aromatic amines is 1. The van der Waals surface area contributed by atoms with E-state index in [0.717, 1.165) is 10.7 Å². The van der Waals surface area contributed by atoms with E-state index in [1.54, 1.807) is 17.5 Å². The first kappa shape index (κ1) is 10.8. The number of aromatic nitrogens is 3. The molecule has 0 bridgehead atoms. The molecule has 2 aromatic rings. The van der Waals surface area contributed by atoms with Gasteiger partial charge in [0.15, 0.2) is 5.82 Å². The van der Waals surface area contributed by atoms with Gasteiger partial charge in [0.1, 0.15) is 5.01 Å². The van der Waals surface area contributed by atoms with E-state index in [1.165, 1.54) is 6.20 Å². The minimum Gasteiger partial charge on any atom is -0.357 e. The number of rotatable bonds is 3. The fourth-order valence-corrected chi connectivity index (χ4v) is 2.10. The van der Waals surface area contributed by atoms with E-state index in [0.29, 0.717) is 5.82 Å².